The van der Waals surface area contributed by atoms with E-state index < -0.39 is 0 Å². The number of allylic oxidation sites excluding steroid dienone is 2. The molecule has 0 saturated heterocycles. The average Bonchev–Trinajstić information content (AvgIpc) is 2.59. The minimum absolute atomic E-state index is 0.222. The molecule has 0 aromatic heterocycles. The van der Waals surface area contributed by atoms with E-state index in [1.807, 2.05) is 0 Å². The molecular weight excluding hydrogens is 132 g/mol. The van der Waals surface area contributed by atoms with Gasteiger partial charge in [-0.05, 0) is 38.5 Å². The van der Waals surface area contributed by atoms with E-state index in [9.17, 15) is 0 Å². The van der Waals surface area contributed by atoms with Crippen molar-refractivity contribution >= 4 is 0 Å². The maximum Gasteiger partial charge on any atom is 0.0495 e. The van der Waals surface area contributed by atoms with Crippen molar-refractivity contribution in [2.24, 2.45) is 5.41 Å². The molecule has 0 nitrogen and oxygen atoms in total. The van der Waals surface area contributed by atoms with Crippen LogP contribution >= 0.6 is 0 Å². The fourth-order valence-electron chi connectivity index (χ4n) is 1.83. The van der Waals surface area contributed by atoms with Crippen LogP contribution in [0.1, 0.15) is 38.5 Å². The van der Waals surface area contributed by atoms with E-state index >= 15 is 0 Å². The molecule has 0 bridgehead atoms. The molecule has 0 amide bonds. The fraction of sp³-hybridized carbons (Fsp3) is 0.636. The van der Waals surface area contributed by atoms with Gasteiger partial charge in [0, 0.05) is 5.41 Å². The quantitative estimate of drug-likeness (QED) is 0.394. The number of rotatable bonds is 1. The second-order valence-electron chi connectivity index (χ2n) is 3.81. The average molecular weight is 146 g/mol. The lowest BCUT2D eigenvalue weighted by molar-refractivity contribution is 0.870. The predicted molar refractivity (Wildman–Crippen MR) is 47.1 cm³/mol. The third-order valence-electron chi connectivity index (χ3n) is 2.80. The van der Waals surface area contributed by atoms with Crippen LogP contribution in [0.2, 0.25) is 0 Å². The van der Waals surface area contributed by atoms with Crippen molar-refractivity contribution in [3.8, 4) is 12.3 Å². The summed E-state index contributed by atoms with van der Waals surface area (Å²) in [5.41, 5.74) is 1.85. The van der Waals surface area contributed by atoms with E-state index in [0.717, 1.165) is 0 Å². The van der Waals surface area contributed by atoms with Crippen LogP contribution in [0.4, 0.5) is 0 Å². The number of hydrogen-bond donors (Lipinski definition) is 0. The van der Waals surface area contributed by atoms with Gasteiger partial charge < -0.3 is 0 Å². The first-order chi connectivity index (χ1) is 5.35. The van der Waals surface area contributed by atoms with Gasteiger partial charge in [0.25, 0.3) is 0 Å². The Labute approximate surface area is 68.7 Å². The van der Waals surface area contributed by atoms with Gasteiger partial charge in [0.2, 0.25) is 0 Å². The zero-order valence-electron chi connectivity index (χ0n) is 6.90. The monoisotopic (exact) mass is 146 g/mol. The Morgan fingerprint density at radius 3 is 2.36 bits per heavy atom. The van der Waals surface area contributed by atoms with Crippen LogP contribution in [0, 0.1) is 17.8 Å². The maximum atomic E-state index is 5.45. The van der Waals surface area contributed by atoms with Crippen molar-refractivity contribution in [3.63, 3.8) is 0 Å². The molecule has 58 valence electrons. The molecule has 0 heterocycles. The maximum absolute atomic E-state index is 5.45. The zero-order chi connectivity index (χ0) is 7.73. The third-order valence-corrected chi connectivity index (χ3v) is 2.80. The number of hydrogen-bond acceptors (Lipinski definition) is 0. The first-order valence-corrected chi connectivity index (χ1v) is 4.53. The highest BCUT2D eigenvalue weighted by atomic mass is 14.4. The minimum Gasteiger partial charge on any atom is -0.119 e. The number of terminal acetylenes is 1. The van der Waals surface area contributed by atoms with Gasteiger partial charge in [-0.15, -0.1) is 6.42 Å². The fourth-order valence-corrected chi connectivity index (χ4v) is 1.83. The lowest BCUT2D eigenvalue weighted by Crippen LogP contribution is -1.90. The largest absolute Gasteiger partial charge is 0.119 e. The van der Waals surface area contributed by atoms with Crippen molar-refractivity contribution in [1.82, 2.24) is 0 Å². The van der Waals surface area contributed by atoms with E-state index in [1.165, 1.54) is 38.5 Å². The summed E-state index contributed by atoms with van der Waals surface area (Å²) in [6.45, 7) is 0. The molecule has 0 aromatic rings. The lowest BCUT2D eigenvalue weighted by atomic mass is 10.0. The molecule has 2 aliphatic carbocycles. The van der Waals surface area contributed by atoms with Gasteiger partial charge in [-0.2, -0.15) is 0 Å². The summed E-state index contributed by atoms with van der Waals surface area (Å²) in [4.78, 5) is 0. The Morgan fingerprint density at radius 1 is 1.27 bits per heavy atom. The van der Waals surface area contributed by atoms with Crippen molar-refractivity contribution < 1.29 is 0 Å². The van der Waals surface area contributed by atoms with Crippen LogP contribution in [0.5, 0.6) is 0 Å². The van der Waals surface area contributed by atoms with E-state index in [-0.39, 0.29) is 5.41 Å². The van der Waals surface area contributed by atoms with Crippen LogP contribution in [0.25, 0.3) is 0 Å². The topological polar surface area (TPSA) is 0 Å². The van der Waals surface area contributed by atoms with Crippen molar-refractivity contribution in [3.05, 3.63) is 11.6 Å². The Bertz CT molecular complexity index is 215. The molecule has 11 heavy (non-hydrogen) atoms. The molecule has 0 spiro atoms. The van der Waals surface area contributed by atoms with E-state index in [2.05, 4.69) is 12.0 Å². The summed E-state index contributed by atoms with van der Waals surface area (Å²) in [6, 6.07) is 0. The SMILES string of the molecule is C#CC1(C=C2CCCC2)CC1. The Morgan fingerprint density at radius 2 is 1.91 bits per heavy atom. The Balaban J connectivity index is 2.08. The molecule has 0 N–H and O–H groups in total. The van der Waals surface area contributed by atoms with Gasteiger partial charge in [-0.1, -0.05) is 17.6 Å². The van der Waals surface area contributed by atoms with Crippen molar-refractivity contribution in [2.45, 2.75) is 38.5 Å². The molecule has 2 aliphatic rings. The zero-order valence-corrected chi connectivity index (χ0v) is 6.90. The molecule has 0 unspecified atom stereocenters. The lowest BCUT2D eigenvalue weighted by Gasteiger charge is -2.01. The minimum atomic E-state index is 0.222. The summed E-state index contributed by atoms with van der Waals surface area (Å²) in [7, 11) is 0. The van der Waals surface area contributed by atoms with E-state index in [4.69, 9.17) is 6.42 Å². The molecule has 0 aliphatic heterocycles. The van der Waals surface area contributed by atoms with Crippen LogP contribution in [-0.4, -0.2) is 0 Å². The summed E-state index contributed by atoms with van der Waals surface area (Å²) < 4.78 is 0. The standard InChI is InChI=1S/C11H14/c1-2-11(7-8-11)9-10-5-3-4-6-10/h1,9H,3-8H2. The van der Waals surface area contributed by atoms with Crippen LogP contribution < -0.4 is 0 Å². The molecule has 0 heteroatoms. The van der Waals surface area contributed by atoms with Gasteiger partial charge in [0.1, 0.15) is 0 Å². The van der Waals surface area contributed by atoms with Crippen LogP contribution in [-0.2, 0) is 0 Å². The Hall–Kier alpha value is -0.700. The second-order valence-corrected chi connectivity index (χ2v) is 3.81. The normalized spacial score (nSPS) is 26.3. The van der Waals surface area contributed by atoms with Gasteiger partial charge in [0.05, 0.1) is 0 Å². The van der Waals surface area contributed by atoms with Gasteiger partial charge in [-0.3, -0.25) is 0 Å². The van der Waals surface area contributed by atoms with Crippen molar-refractivity contribution in [1.29, 1.82) is 0 Å². The van der Waals surface area contributed by atoms with Crippen LogP contribution in [0.3, 0.4) is 0 Å². The first kappa shape index (κ1) is 6.98. The highest BCUT2D eigenvalue weighted by Gasteiger charge is 2.38. The molecule has 2 rings (SSSR count). The third kappa shape index (κ3) is 1.33. The molecule has 0 atom stereocenters. The van der Waals surface area contributed by atoms with Gasteiger partial charge in [0.15, 0.2) is 0 Å². The molecule has 2 saturated carbocycles. The summed E-state index contributed by atoms with van der Waals surface area (Å²) in [5, 5.41) is 0. The highest BCUT2D eigenvalue weighted by Crippen LogP contribution is 2.48. The molecule has 2 fully saturated rings. The van der Waals surface area contributed by atoms with E-state index in [1.54, 1.807) is 5.57 Å². The predicted octanol–water partition coefficient (Wildman–Crippen LogP) is 2.90. The second kappa shape index (κ2) is 2.41. The first-order valence-electron chi connectivity index (χ1n) is 4.53. The smallest absolute Gasteiger partial charge is 0.0495 e. The summed E-state index contributed by atoms with van der Waals surface area (Å²) >= 11 is 0. The molecule has 0 aromatic carbocycles. The molecule has 0 radical (unpaired) electrons. The van der Waals surface area contributed by atoms with Gasteiger partial charge >= 0.3 is 0 Å². The Kier molecular flexibility index (Phi) is 1.53. The molecular formula is C11H14. The van der Waals surface area contributed by atoms with Gasteiger partial charge in [-0.25, -0.2) is 0 Å². The van der Waals surface area contributed by atoms with Crippen LogP contribution in [0.15, 0.2) is 11.6 Å². The highest BCUT2D eigenvalue weighted by molar-refractivity contribution is 5.28. The van der Waals surface area contributed by atoms with Crippen molar-refractivity contribution in [2.75, 3.05) is 0 Å². The summed E-state index contributed by atoms with van der Waals surface area (Å²) in [6.07, 6.45) is 15.7. The van der Waals surface area contributed by atoms with E-state index in [0.29, 0.717) is 0 Å². The summed E-state index contributed by atoms with van der Waals surface area (Å²) in [5.74, 6) is 2.90.